The Morgan fingerprint density at radius 3 is 2.50 bits per heavy atom. The van der Waals surface area contributed by atoms with Crippen molar-refractivity contribution in [3.63, 3.8) is 0 Å². The Morgan fingerprint density at radius 1 is 1.04 bits per heavy atom. The summed E-state index contributed by atoms with van der Waals surface area (Å²) >= 11 is 6.31. The number of carbonyl (C=O) groups is 1. The number of rotatable bonds is 3. The summed E-state index contributed by atoms with van der Waals surface area (Å²) in [4.78, 5) is 15.1. The first kappa shape index (κ1) is 20.1. The minimum atomic E-state index is -3.66. The van der Waals surface area contributed by atoms with Gasteiger partial charge in [0.15, 0.2) is 0 Å². The van der Waals surface area contributed by atoms with E-state index in [-0.39, 0.29) is 16.4 Å². The zero-order chi connectivity index (χ0) is 19.7. The summed E-state index contributed by atoms with van der Waals surface area (Å²) in [6, 6.07) is 4.45. The second kappa shape index (κ2) is 8.30. The van der Waals surface area contributed by atoms with Crippen molar-refractivity contribution in [3.05, 3.63) is 28.8 Å². The van der Waals surface area contributed by atoms with Gasteiger partial charge in [-0.25, -0.2) is 8.42 Å². The van der Waals surface area contributed by atoms with Gasteiger partial charge in [-0.3, -0.25) is 4.79 Å². The van der Waals surface area contributed by atoms with E-state index in [4.69, 9.17) is 16.3 Å². The van der Waals surface area contributed by atoms with Gasteiger partial charge in [0, 0.05) is 26.2 Å². The van der Waals surface area contributed by atoms with Gasteiger partial charge >= 0.3 is 0 Å². The Labute approximate surface area is 171 Å². The van der Waals surface area contributed by atoms with Crippen LogP contribution >= 0.6 is 11.6 Å². The minimum absolute atomic E-state index is 0.120. The van der Waals surface area contributed by atoms with Gasteiger partial charge < -0.3 is 9.64 Å². The van der Waals surface area contributed by atoms with Crippen LogP contribution < -0.4 is 0 Å². The number of nitrogens with zero attached hydrogens (tertiary/aromatic N) is 2. The quantitative estimate of drug-likeness (QED) is 0.745. The number of halogens is 1. The number of benzene rings is 1. The second-order valence-corrected chi connectivity index (χ2v) is 10.3. The van der Waals surface area contributed by atoms with Crippen LogP contribution in [0, 0.1) is 11.8 Å². The Bertz CT molecular complexity index is 839. The number of hydrogen-bond donors (Lipinski definition) is 0. The van der Waals surface area contributed by atoms with Crippen molar-refractivity contribution in [3.8, 4) is 0 Å². The Hall–Kier alpha value is -1.15. The van der Waals surface area contributed by atoms with E-state index in [9.17, 15) is 13.2 Å². The number of carbonyl (C=O) groups excluding carboxylic acids is 1. The third-order valence-electron chi connectivity index (χ3n) is 6.35. The zero-order valence-electron chi connectivity index (χ0n) is 16.0. The van der Waals surface area contributed by atoms with Gasteiger partial charge in [0.05, 0.1) is 28.7 Å². The molecular formula is C20H27ClN2O4S. The van der Waals surface area contributed by atoms with Gasteiger partial charge in [-0.1, -0.05) is 30.9 Å². The Morgan fingerprint density at radius 2 is 1.75 bits per heavy atom. The minimum Gasteiger partial charge on any atom is -0.379 e. The van der Waals surface area contributed by atoms with E-state index in [1.54, 1.807) is 0 Å². The molecule has 0 N–H and O–H groups in total. The van der Waals surface area contributed by atoms with Crippen LogP contribution in [0.3, 0.4) is 0 Å². The van der Waals surface area contributed by atoms with E-state index >= 15 is 0 Å². The fraction of sp³-hybridized carbons (Fsp3) is 0.650. The summed E-state index contributed by atoms with van der Waals surface area (Å²) in [7, 11) is -3.66. The highest BCUT2D eigenvalue weighted by Crippen LogP contribution is 2.37. The number of fused-ring (bicyclic) bond motifs is 1. The lowest BCUT2D eigenvalue weighted by Crippen LogP contribution is -2.45. The zero-order valence-corrected chi connectivity index (χ0v) is 17.6. The van der Waals surface area contributed by atoms with Crippen LogP contribution in [0.1, 0.15) is 42.5 Å². The van der Waals surface area contributed by atoms with E-state index in [2.05, 4.69) is 0 Å². The molecule has 154 valence electrons. The van der Waals surface area contributed by atoms with Crippen molar-refractivity contribution in [2.75, 3.05) is 39.4 Å². The Balaban J connectivity index is 1.56. The predicted octanol–water partition coefficient (Wildman–Crippen LogP) is 3.01. The van der Waals surface area contributed by atoms with E-state index < -0.39 is 10.0 Å². The van der Waals surface area contributed by atoms with Crippen LogP contribution in [0.15, 0.2) is 23.1 Å². The van der Waals surface area contributed by atoms with Gasteiger partial charge in [0.25, 0.3) is 5.91 Å². The molecule has 28 heavy (non-hydrogen) atoms. The molecule has 1 aromatic carbocycles. The van der Waals surface area contributed by atoms with Crippen LogP contribution in [0.5, 0.6) is 0 Å². The van der Waals surface area contributed by atoms with Crippen LogP contribution in [0.2, 0.25) is 5.02 Å². The maximum absolute atomic E-state index is 13.2. The van der Waals surface area contributed by atoms with E-state index in [1.165, 1.54) is 48.2 Å². The molecule has 3 fully saturated rings. The van der Waals surface area contributed by atoms with E-state index in [0.29, 0.717) is 37.2 Å². The first-order valence-corrected chi connectivity index (χ1v) is 12.0. The number of amides is 1. The highest BCUT2D eigenvalue weighted by molar-refractivity contribution is 7.89. The number of morpholine rings is 1. The summed E-state index contributed by atoms with van der Waals surface area (Å²) in [6.45, 7) is 2.88. The molecule has 2 saturated heterocycles. The number of likely N-dealkylation sites (tertiary alicyclic amines) is 1. The summed E-state index contributed by atoms with van der Waals surface area (Å²) in [5.74, 6) is 1.12. The van der Waals surface area contributed by atoms with E-state index in [1.807, 2.05) is 4.90 Å². The molecular weight excluding hydrogens is 400 g/mol. The van der Waals surface area contributed by atoms with Crippen molar-refractivity contribution >= 4 is 27.5 Å². The highest BCUT2D eigenvalue weighted by atomic mass is 35.5. The molecule has 2 aliphatic heterocycles. The smallest absolute Gasteiger partial charge is 0.255 e. The fourth-order valence-corrected chi connectivity index (χ4v) is 6.35. The van der Waals surface area contributed by atoms with Crippen molar-refractivity contribution < 1.29 is 17.9 Å². The lowest BCUT2D eigenvalue weighted by Gasteiger charge is -2.41. The Kier molecular flexibility index (Phi) is 5.97. The molecule has 3 aliphatic rings. The van der Waals surface area contributed by atoms with Crippen LogP contribution in [-0.2, 0) is 14.8 Å². The topological polar surface area (TPSA) is 66.9 Å². The third kappa shape index (κ3) is 3.95. The summed E-state index contributed by atoms with van der Waals surface area (Å²) < 4.78 is 32.5. The monoisotopic (exact) mass is 426 g/mol. The molecule has 1 saturated carbocycles. The molecule has 0 spiro atoms. The average Bonchev–Trinajstić information content (AvgIpc) is 2.73. The van der Waals surface area contributed by atoms with Crippen molar-refractivity contribution in [1.82, 2.24) is 9.21 Å². The maximum Gasteiger partial charge on any atom is 0.255 e. The lowest BCUT2D eigenvalue weighted by atomic mass is 9.75. The molecule has 0 aromatic heterocycles. The van der Waals surface area contributed by atoms with Crippen molar-refractivity contribution in [2.24, 2.45) is 11.8 Å². The average molecular weight is 427 g/mol. The van der Waals surface area contributed by atoms with Crippen LogP contribution in [0.25, 0.3) is 0 Å². The maximum atomic E-state index is 13.2. The summed E-state index contributed by atoms with van der Waals surface area (Å²) in [5.41, 5.74) is 0.283. The molecule has 1 amide bonds. The summed E-state index contributed by atoms with van der Waals surface area (Å²) in [6.07, 6.45) is 5.99. The van der Waals surface area contributed by atoms with Gasteiger partial charge in [-0.05, 0) is 42.9 Å². The van der Waals surface area contributed by atoms with Crippen molar-refractivity contribution in [2.45, 2.75) is 37.0 Å². The van der Waals surface area contributed by atoms with Gasteiger partial charge in [0.2, 0.25) is 10.0 Å². The molecule has 0 unspecified atom stereocenters. The molecule has 4 rings (SSSR count). The number of sulfonamides is 1. The SMILES string of the molecule is O=C(c1cc(S(=O)(=O)N2CCOCC2)ccc1Cl)N1CC[C@H]2CCCC[C@@H]2C1. The van der Waals surface area contributed by atoms with Gasteiger partial charge in [-0.15, -0.1) is 0 Å². The van der Waals surface area contributed by atoms with Gasteiger partial charge in [0.1, 0.15) is 0 Å². The number of hydrogen-bond acceptors (Lipinski definition) is 4. The largest absolute Gasteiger partial charge is 0.379 e. The van der Waals surface area contributed by atoms with Crippen LogP contribution in [-0.4, -0.2) is 62.9 Å². The molecule has 6 nitrogen and oxygen atoms in total. The van der Waals surface area contributed by atoms with Crippen LogP contribution in [0.4, 0.5) is 0 Å². The molecule has 1 aromatic rings. The predicted molar refractivity (Wildman–Crippen MR) is 107 cm³/mol. The number of ether oxygens (including phenoxy) is 1. The molecule has 0 bridgehead atoms. The lowest BCUT2D eigenvalue weighted by molar-refractivity contribution is 0.0520. The molecule has 8 heteroatoms. The molecule has 0 radical (unpaired) electrons. The first-order chi connectivity index (χ1) is 13.5. The second-order valence-electron chi connectivity index (χ2n) is 8.00. The first-order valence-electron chi connectivity index (χ1n) is 10.1. The highest BCUT2D eigenvalue weighted by Gasteiger charge is 2.34. The third-order valence-corrected chi connectivity index (χ3v) is 8.58. The molecule has 1 aliphatic carbocycles. The van der Waals surface area contributed by atoms with Crippen molar-refractivity contribution in [1.29, 1.82) is 0 Å². The fourth-order valence-electron chi connectivity index (χ4n) is 4.72. The standard InChI is InChI=1S/C20H27ClN2O4S/c21-19-6-5-17(28(25,26)23-9-11-27-12-10-23)13-18(19)20(24)22-8-7-15-3-1-2-4-16(15)14-22/h5-6,13,15-16H,1-4,7-12,14H2/t15-,16-/m1/s1. The van der Waals surface area contributed by atoms with E-state index in [0.717, 1.165) is 25.4 Å². The normalized spacial score (nSPS) is 26.7. The molecule has 2 heterocycles. The van der Waals surface area contributed by atoms with Gasteiger partial charge in [-0.2, -0.15) is 4.31 Å². The number of piperidine rings is 1. The summed E-state index contributed by atoms with van der Waals surface area (Å²) in [5, 5.41) is 0.302. The molecule has 2 atom stereocenters.